The summed E-state index contributed by atoms with van der Waals surface area (Å²) in [6.45, 7) is 6.10. The Morgan fingerprint density at radius 2 is 1.84 bits per heavy atom. The second-order valence-corrected chi connectivity index (χ2v) is 5.63. The maximum Gasteiger partial charge on any atom is 0.173 e. The second-order valence-electron chi connectivity index (χ2n) is 4.63. The maximum atomic E-state index is 12.3. The highest BCUT2D eigenvalue weighted by molar-refractivity contribution is 7.99. The molecule has 0 aliphatic rings. The molecule has 0 atom stereocenters. The van der Waals surface area contributed by atoms with E-state index in [0.717, 1.165) is 21.7 Å². The van der Waals surface area contributed by atoms with Crippen molar-refractivity contribution in [2.45, 2.75) is 25.8 Å². The molecular formula is C16H17NOS. The van der Waals surface area contributed by atoms with Crippen molar-refractivity contribution < 1.29 is 4.79 Å². The normalized spacial score (nSPS) is 10.5. The Kier molecular flexibility index (Phi) is 4.38. The van der Waals surface area contributed by atoms with Gasteiger partial charge in [-0.05, 0) is 55.7 Å². The minimum atomic E-state index is 0.163. The molecule has 0 radical (unpaired) electrons. The number of hydrogen-bond acceptors (Lipinski definition) is 3. The maximum absolute atomic E-state index is 12.3. The van der Waals surface area contributed by atoms with Crippen molar-refractivity contribution in [2.24, 2.45) is 0 Å². The first-order valence-electron chi connectivity index (χ1n) is 6.23. The average Bonchev–Trinajstić information content (AvgIpc) is 2.41. The van der Waals surface area contributed by atoms with Crippen LogP contribution in [0.3, 0.4) is 0 Å². The number of rotatable bonds is 4. The van der Waals surface area contributed by atoms with Gasteiger partial charge in [-0.15, -0.1) is 0 Å². The Morgan fingerprint density at radius 1 is 1.11 bits per heavy atom. The topological polar surface area (TPSA) is 30.0 Å². The van der Waals surface area contributed by atoms with Crippen molar-refractivity contribution in [1.82, 2.24) is 4.98 Å². The highest BCUT2D eigenvalue weighted by atomic mass is 32.2. The van der Waals surface area contributed by atoms with Crippen molar-refractivity contribution in [3.63, 3.8) is 0 Å². The molecule has 19 heavy (non-hydrogen) atoms. The molecule has 0 N–H and O–H groups in total. The summed E-state index contributed by atoms with van der Waals surface area (Å²) in [5, 5.41) is 0.886. The quantitative estimate of drug-likeness (QED) is 0.622. The van der Waals surface area contributed by atoms with Gasteiger partial charge in [0, 0.05) is 11.8 Å². The predicted octanol–water partition coefficient (Wildman–Crippen LogP) is 3.98. The van der Waals surface area contributed by atoms with Gasteiger partial charge in [-0.1, -0.05) is 23.9 Å². The number of aryl methyl sites for hydroxylation is 3. The van der Waals surface area contributed by atoms with Crippen LogP contribution in [0, 0.1) is 20.8 Å². The van der Waals surface area contributed by atoms with Crippen LogP contribution in [0.1, 0.15) is 27.0 Å². The Morgan fingerprint density at radius 3 is 2.53 bits per heavy atom. The summed E-state index contributed by atoms with van der Waals surface area (Å²) in [5.41, 5.74) is 4.27. The fraction of sp³-hybridized carbons (Fsp3) is 0.250. The van der Waals surface area contributed by atoms with Crippen LogP contribution in [0.25, 0.3) is 0 Å². The molecule has 1 aromatic heterocycles. The second kappa shape index (κ2) is 6.02. The van der Waals surface area contributed by atoms with E-state index < -0.39 is 0 Å². The van der Waals surface area contributed by atoms with Crippen LogP contribution in [0.5, 0.6) is 0 Å². The predicted molar refractivity (Wildman–Crippen MR) is 79.9 cm³/mol. The molecule has 98 valence electrons. The monoisotopic (exact) mass is 271 g/mol. The number of pyridine rings is 1. The van der Waals surface area contributed by atoms with Crippen molar-refractivity contribution in [1.29, 1.82) is 0 Å². The number of Topliss-reactive ketones (excluding diaryl/α,β-unsaturated/α-hetero) is 1. The van der Waals surface area contributed by atoms with Crippen LogP contribution >= 0.6 is 11.8 Å². The van der Waals surface area contributed by atoms with Crippen LogP contribution in [0.2, 0.25) is 0 Å². The van der Waals surface area contributed by atoms with Gasteiger partial charge in [0.2, 0.25) is 0 Å². The summed E-state index contributed by atoms with van der Waals surface area (Å²) in [5.74, 6) is 0.594. The first-order chi connectivity index (χ1) is 9.08. The van der Waals surface area contributed by atoms with Crippen molar-refractivity contribution in [2.75, 3.05) is 5.75 Å². The summed E-state index contributed by atoms with van der Waals surface area (Å²) in [6, 6.07) is 9.80. The summed E-state index contributed by atoms with van der Waals surface area (Å²) in [6.07, 6.45) is 1.74. The number of hydrogen-bond donors (Lipinski definition) is 0. The molecule has 3 heteroatoms. The van der Waals surface area contributed by atoms with E-state index in [1.54, 1.807) is 6.20 Å². The number of carbonyl (C=O) groups is 1. The van der Waals surface area contributed by atoms with Crippen LogP contribution in [0.15, 0.2) is 41.6 Å². The summed E-state index contributed by atoms with van der Waals surface area (Å²) in [7, 11) is 0. The van der Waals surface area contributed by atoms with Crippen molar-refractivity contribution in [3.05, 3.63) is 58.8 Å². The molecule has 0 saturated carbocycles. The van der Waals surface area contributed by atoms with Gasteiger partial charge in [-0.25, -0.2) is 4.98 Å². The molecule has 0 fully saturated rings. The molecule has 0 aliphatic carbocycles. The molecule has 0 spiro atoms. The van der Waals surface area contributed by atoms with E-state index in [1.807, 2.05) is 38.1 Å². The molecule has 2 aromatic rings. The first kappa shape index (κ1) is 13.8. The van der Waals surface area contributed by atoms with Crippen LogP contribution in [-0.2, 0) is 0 Å². The van der Waals surface area contributed by atoms with E-state index in [2.05, 4.69) is 18.0 Å². The zero-order valence-corrected chi connectivity index (χ0v) is 12.3. The highest BCUT2D eigenvalue weighted by Gasteiger charge is 2.11. The average molecular weight is 271 g/mol. The van der Waals surface area contributed by atoms with Gasteiger partial charge in [0.05, 0.1) is 10.8 Å². The molecular weight excluding hydrogens is 254 g/mol. The molecule has 0 amide bonds. The Hall–Kier alpha value is -1.61. The highest BCUT2D eigenvalue weighted by Crippen LogP contribution is 2.20. The van der Waals surface area contributed by atoms with Crippen molar-refractivity contribution in [3.8, 4) is 0 Å². The lowest BCUT2D eigenvalue weighted by Crippen LogP contribution is -2.06. The van der Waals surface area contributed by atoms with Crippen molar-refractivity contribution >= 4 is 17.5 Å². The molecule has 1 heterocycles. The number of nitrogens with zero attached hydrogens (tertiary/aromatic N) is 1. The minimum Gasteiger partial charge on any atom is -0.293 e. The van der Waals surface area contributed by atoms with Gasteiger partial charge in [0.1, 0.15) is 0 Å². The van der Waals surface area contributed by atoms with E-state index in [9.17, 15) is 4.79 Å². The number of ketones is 1. The third kappa shape index (κ3) is 3.44. The summed E-state index contributed by atoms with van der Waals surface area (Å²) < 4.78 is 0. The van der Waals surface area contributed by atoms with E-state index in [4.69, 9.17) is 0 Å². The molecule has 0 saturated heterocycles. The molecule has 0 bridgehead atoms. The smallest absolute Gasteiger partial charge is 0.173 e. The minimum absolute atomic E-state index is 0.163. The van der Waals surface area contributed by atoms with Crippen LogP contribution in [-0.4, -0.2) is 16.5 Å². The third-order valence-electron chi connectivity index (χ3n) is 3.13. The lowest BCUT2D eigenvalue weighted by atomic mass is 9.99. The Labute approximate surface area is 118 Å². The van der Waals surface area contributed by atoms with Gasteiger partial charge in [0.25, 0.3) is 0 Å². The SMILES string of the molecule is Cc1cc(C)c(C(=O)CSc2ccccn2)cc1C. The van der Waals surface area contributed by atoms with Gasteiger partial charge in [0.15, 0.2) is 5.78 Å². The molecule has 2 nitrogen and oxygen atoms in total. The number of carbonyl (C=O) groups excluding carboxylic acids is 1. The Bertz CT molecular complexity index is 593. The molecule has 0 aliphatic heterocycles. The summed E-state index contributed by atoms with van der Waals surface area (Å²) >= 11 is 1.48. The number of benzene rings is 1. The number of aromatic nitrogens is 1. The van der Waals surface area contributed by atoms with Gasteiger partial charge in [-0.3, -0.25) is 4.79 Å². The zero-order valence-electron chi connectivity index (χ0n) is 11.4. The number of thioether (sulfide) groups is 1. The fourth-order valence-corrected chi connectivity index (χ4v) is 2.66. The van der Waals surface area contributed by atoms with Gasteiger partial charge < -0.3 is 0 Å². The molecule has 1 aromatic carbocycles. The third-order valence-corrected chi connectivity index (χ3v) is 4.07. The van der Waals surface area contributed by atoms with Crippen LogP contribution < -0.4 is 0 Å². The van der Waals surface area contributed by atoms with Gasteiger partial charge >= 0.3 is 0 Å². The lowest BCUT2D eigenvalue weighted by Gasteiger charge is -2.08. The summed E-state index contributed by atoms with van der Waals surface area (Å²) in [4.78, 5) is 16.5. The van der Waals surface area contributed by atoms with E-state index in [1.165, 1.54) is 17.3 Å². The van der Waals surface area contributed by atoms with E-state index in [0.29, 0.717) is 5.75 Å². The largest absolute Gasteiger partial charge is 0.293 e. The van der Waals surface area contributed by atoms with Gasteiger partial charge in [-0.2, -0.15) is 0 Å². The molecule has 2 rings (SSSR count). The van der Waals surface area contributed by atoms with Crippen LogP contribution in [0.4, 0.5) is 0 Å². The molecule has 0 unspecified atom stereocenters. The first-order valence-corrected chi connectivity index (χ1v) is 7.21. The van der Waals surface area contributed by atoms with E-state index in [-0.39, 0.29) is 5.78 Å². The Balaban J connectivity index is 2.10. The standard InChI is InChI=1S/C16H17NOS/c1-11-8-13(3)14(9-12(11)2)15(18)10-19-16-6-4-5-7-17-16/h4-9H,10H2,1-3H3. The lowest BCUT2D eigenvalue weighted by molar-refractivity contribution is 0.102. The zero-order chi connectivity index (χ0) is 13.8. The fourth-order valence-electron chi connectivity index (χ4n) is 1.91. The van der Waals surface area contributed by atoms with E-state index >= 15 is 0 Å².